The van der Waals surface area contributed by atoms with Crippen LogP contribution in [0.15, 0.2) is 0 Å². The van der Waals surface area contributed by atoms with Crippen LogP contribution in [0.5, 0.6) is 0 Å². The lowest BCUT2D eigenvalue weighted by Gasteiger charge is -2.32. The number of hydrogen-bond acceptors (Lipinski definition) is 3. The minimum atomic E-state index is -2.98. The van der Waals surface area contributed by atoms with E-state index in [1.807, 2.05) is 0 Å². The molecule has 1 aliphatic rings. The normalized spacial score (nSPS) is 31.5. The highest BCUT2D eigenvalue weighted by Gasteiger charge is 2.42. The van der Waals surface area contributed by atoms with E-state index in [1.165, 1.54) is 11.9 Å². The maximum Gasteiger partial charge on any atom is 0.315 e. The highest BCUT2D eigenvalue weighted by atomic mass is 32.2. The van der Waals surface area contributed by atoms with Crippen molar-refractivity contribution in [1.29, 1.82) is 0 Å². The van der Waals surface area contributed by atoms with Crippen LogP contribution in [0.1, 0.15) is 13.3 Å². The van der Waals surface area contributed by atoms with Crippen LogP contribution in [0.3, 0.4) is 0 Å². The summed E-state index contributed by atoms with van der Waals surface area (Å²) in [5, 5.41) is 0. The molecule has 0 unspecified atom stereocenters. The Kier molecular flexibility index (Phi) is 2.27. The van der Waals surface area contributed by atoms with Gasteiger partial charge in [-0.2, -0.15) is 0 Å². The van der Waals surface area contributed by atoms with Gasteiger partial charge in [0.2, 0.25) is 0 Å². The van der Waals surface area contributed by atoms with Crippen LogP contribution < -0.4 is 5.73 Å². The average molecular weight is 206 g/mol. The molecule has 5 nitrogen and oxygen atoms in total. The molecule has 0 aromatic rings. The number of amides is 2. The number of primary amides is 1. The predicted octanol–water partition coefficient (Wildman–Crippen LogP) is -0.426. The van der Waals surface area contributed by atoms with E-state index in [2.05, 4.69) is 0 Å². The van der Waals surface area contributed by atoms with Gasteiger partial charge < -0.3 is 10.6 Å². The number of carbonyl (C=O) groups excluding carboxylic acids is 1. The third-order valence-electron chi connectivity index (χ3n) is 2.62. The first-order chi connectivity index (χ1) is 5.77. The number of nitrogens with two attached hydrogens (primary N) is 1. The first-order valence-electron chi connectivity index (χ1n) is 4.01. The largest absolute Gasteiger partial charge is 0.351 e. The molecular weight excluding hydrogens is 192 g/mol. The zero-order chi connectivity index (χ0) is 10.3. The van der Waals surface area contributed by atoms with Crippen LogP contribution in [0, 0.1) is 0 Å². The average Bonchev–Trinajstić information content (AvgIpc) is 2.25. The second-order valence-corrected chi connectivity index (χ2v) is 5.92. The Bertz CT molecular complexity index is 325. The molecule has 0 aromatic heterocycles. The Labute approximate surface area is 77.8 Å². The Morgan fingerprint density at radius 3 is 2.38 bits per heavy atom. The van der Waals surface area contributed by atoms with Crippen molar-refractivity contribution in [2.45, 2.75) is 18.9 Å². The fraction of sp³-hybridized carbons (Fsp3) is 0.857. The molecule has 13 heavy (non-hydrogen) atoms. The number of nitrogens with zero attached hydrogens (tertiary/aromatic N) is 1. The smallest absolute Gasteiger partial charge is 0.315 e. The molecule has 0 aromatic carbocycles. The number of sulfone groups is 1. The van der Waals surface area contributed by atoms with E-state index in [9.17, 15) is 13.2 Å². The van der Waals surface area contributed by atoms with Crippen LogP contribution >= 0.6 is 0 Å². The van der Waals surface area contributed by atoms with Gasteiger partial charge in [0.15, 0.2) is 9.84 Å². The molecule has 1 heterocycles. The Balaban J connectivity index is 2.87. The summed E-state index contributed by atoms with van der Waals surface area (Å²) >= 11 is 0. The second kappa shape index (κ2) is 2.87. The van der Waals surface area contributed by atoms with Gasteiger partial charge in [-0.25, -0.2) is 13.2 Å². The lowest BCUT2D eigenvalue weighted by molar-refractivity contribution is 0.168. The first kappa shape index (κ1) is 10.3. The maximum absolute atomic E-state index is 11.2. The van der Waals surface area contributed by atoms with Gasteiger partial charge in [-0.1, -0.05) is 0 Å². The van der Waals surface area contributed by atoms with Crippen molar-refractivity contribution in [3.63, 3.8) is 0 Å². The minimum Gasteiger partial charge on any atom is -0.351 e. The van der Waals surface area contributed by atoms with Crippen molar-refractivity contribution in [1.82, 2.24) is 4.90 Å². The van der Waals surface area contributed by atoms with E-state index in [4.69, 9.17) is 5.73 Å². The molecule has 1 saturated heterocycles. The van der Waals surface area contributed by atoms with Crippen molar-refractivity contribution < 1.29 is 13.2 Å². The summed E-state index contributed by atoms with van der Waals surface area (Å²) in [4.78, 5) is 12.2. The number of urea groups is 1. The molecule has 0 saturated carbocycles. The standard InChI is InChI=1S/C7H14N2O3S/c1-7(9(2)6(8)10)3-4-13(11,12)5-7/h3-5H2,1-2H3,(H2,8,10)/t7-/m0/s1. The van der Waals surface area contributed by atoms with Crippen LogP contribution in [0.25, 0.3) is 0 Å². The van der Waals surface area contributed by atoms with Crippen LogP contribution in [-0.2, 0) is 9.84 Å². The molecule has 0 radical (unpaired) electrons. The van der Waals surface area contributed by atoms with Crippen molar-refractivity contribution in [3.8, 4) is 0 Å². The number of carbonyl (C=O) groups is 1. The van der Waals surface area contributed by atoms with Crippen molar-refractivity contribution in [3.05, 3.63) is 0 Å². The molecule has 0 aliphatic carbocycles. The lowest BCUT2D eigenvalue weighted by Crippen LogP contribution is -2.50. The van der Waals surface area contributed by atoms with Gasteiger partial charge in [0.25, 0.3) is 0 Å². The van der Waals surface area contributed by atoms with Gasteiger partial charge in [0, 0.05) is 7.05 Å². The summed E-state index contributed by atoms with van der Waals surface area (Å²) < 4.78 is 22.4. The van der Waals surface area contributed by atoms with Gasteiger partial charge in [-0.05, 0) is 13.3 Å². The Hall–Kier alpha value is -0.780. The van der Waals surface area contributed by atoms with Gasteiger partial charge in [0.1, 0.15) is 0 Å². The molecule has 1 atom stereocenters. The summed E-state index contributed by atoms with van der Waals surface area (Å²) in [5.41, 5.74) is 4.46. The van der Waals surface area contributed by atoms with Gasteiger partial charge in [0.05, 0.1) is 17.0 Å². The number of rotatable bonds is 1. The molecule has 0 spiro atoms. The predicted molar refractivity (Wildman–Crippen MR) is 49.0 cm³/mol. The number of hydrogen-bond donors (Lipinski definition) is 1. The van der Waals surface area contributed by atoms with Crippen LogP contribution in [-0.4, -0.2) is 43.4 Å². The summed E-state index contributed by atoms with van der Waals surface area (Å²) in [5.74, 6) is 0.153. The van der Waals surface area contributed by atoms with E-state index in [0.717, 1.165) is 0 Å². The van der Waals surface area contributed by atoms with Crippen molar-refractivity contribution >= 4 is 15.9 Å². The van der Waals surface area contributed by atoms with Gasteiger partial charge in [-0.3, -0.25) is 0 Å². The zero-order valence-electron chi connectivity index (χ0n) is 7.78. The molecule has 2 amide bonds. The molecule has 76 valence electrons. The van der Waals surface area contributed by atoms with E-state index in [0.29, 0.717) is 6.42 Å². The molecule has 6 heteroatoms. The third-order valence-corrected chi connectivity index (χ3v) is 4.51. The highest BCUT2D eigenvalue weighted by molar-refractivity contribution is 7.91. The van der Waals surface area contributed by atoms with E-state index < -0.39 is 21.4 Å². The van der Waals surface area contributed by atoms with Crippen LogP contribution in [0.2, 0.25) is 0 Å². The SMILES string of the molecule is CN(C(N)=O)[C@@]1(C)CCS(=O)(=O)C1. The monoisotopic (exact) mass is 206 g/mol. The van der Waals surface area contributed by atoms with Gasteiger partial charge in [-0.15, -0.1) is 0 Å². The lowest BCUT2D eigenvalue weighted by atomic mass is 10.0. The maximum atomic E-state index is 11.2. The summed E-state index contributed by atoms with van der Waals surface area (Å²) in [6.07, 6.45) is 0.467. The van der Waals surface area contributed by atoms with E-state index in [1.54, 1.807) is 6.92 Å². The van der Waals surface area contributed by atoms with Crippen molar-refractivity contribution in [2.24, 2.45) is 5.73 Å². The van der Waals surface area contributed by atoms with E-state index >= 15 is 0 Å². The van der Waals surface area contributed by atoms with E-state index in [-0.39, 0.29) is 11.5 Å². The summed E-state index contributed by atoms with van der Waals surface area (Å²) in [6, 6.07) is -0.584. The van der Waals surface area contributed by atoms with Crippen LogP contribution in [0.4, 0.5) is 4.79 Å². The second-order valence-electron chi connectivity index (χ2n) is 3.74. The summed E-state index contributed by atoms with van der Waals surface area (Å²) in [6.45, 7) is 1.74. The Morgan fingerprint density at radius 2 is 2.08 bits per heavy atom. The third kappa shape index (κ3) is 1.93. The fourth-order valence-corrected chi connectivity index (χ4v) is 3.70. The molecular formula is C7H14N2O3S. The molecule has 0 bridgehead atoms. The molecule has 1 fully saturated rings. The zero-order valence-corrected chi connectivity index (χ0v) is 8.60. The fourth-order valence-electron chi connectivity index (χ4n) is 1.52. The van der Waals surface area contributed by atoms with Gasteiger partial charge >= 0.3 is 6.03 Å². The molecule has 1 rings (SSSR count). The topological polar surface area (TPSA) is 80.5 Å². The quantitative estimate of drug-likeness (QED) is 0.632. The molecule has 1 aliphatic heterocycles. The molecule has 2 N–H and O–H groups in total. The minimum absolute atomic E-state index is 0.0133. The summed E-state index contributed by atoms with van der Waals surface area (Å²) in [7, 11) is -1.45. The Morgan fingerprint density at radius 1 is 1.54 bits per heavy atom. The first-order valence-corrected chi connectivity index (χ1v) is 5.83. The highest BCUT2D eigenvalue weighted by Crippen LogP contribution is 2.27. The van der Waals surface area contributed by atoms with Crippen molar-refractivity contribution in [2.75, 3.05) is 18.6 Å².